The number of H-pyrrole nitrogens is 1. The molecular formula is C13H12N2O2. The van der Waals surface area contributed by atoms with Crippen LogP contribution in [0.4, 0.5) is 0 Å². The van der Waals surface area contributed by atoms with E-state index in [1.165, 1.54) is 7.11 Å². The maximum absolute atomic E-state index is 10.9. The lowest BCUT2D eigenvalue weighted by Crippen LogP contribution is -1.96. The number of rotatable bonds is 1. The van der Waals surface area contributed by atoms with Crippen molar-refractivity contribution in [3.8, 4) is 11.8 Å². The Balaban J connectivity index is 2.22. The third-order valence-electron chi connectivity index (χ3n) is 2.44. The van der Waals surface area contributed by atoms with Gasteiger partial charge in [-0.15, -0.1) is 0 Å². The fourth-order valence-electron chi connectivity index (χ4n) is 1.51. The first-order valence-electron chi connectivity index (χ1n) is 5.21. The minimum Gasteiger partial charge on any atom is -0.468 e. The Kier molecular flexibility index (Phi) is 3.10. The number of aryl methyl sites for hydroxylation is 1. The summed E-state index contributed by atoms with van der Waals surface area (Å²) in [6.07, 6.45) is 0.105. The van der Waals surface area contributed by atoms with Crippen LogP contribution in [0.15, 0.2) is 18.2 Å². The van der Waals surface area contributed by atoms with E-state index in [0.717, 1.165) is 22.2 Å². The molecule has 0 saturated carbocycles. The number of carbonyl (C=O) groups is 1. The quantitative estimate of drug-likeness (QED) is 0.598. The third-order valence-corrected chi connectivity index (χ3v) is 2.44. The van der Waals surface area contributed by atoms with Crippen molar-refractivity contribution >= 4 is 16.9 Å². The summed E-state index contributed by atoms with van der Waals surface area (Å²) < 4.78 is 4.50. The smallest absolute Gasteiger partial charge is 0.317 e. The van der Waals surface area contributed by atoms with Crippen molar-refractivity contribution in [3.05, 3.63) is 29.5 Å². The molecule has 0 aliphatic rings. The van der Waals surface area contributed by atoms with E-state index in [1.54, 1.807) is 0 Å². The number of ether oxygens (including phenoxy) is 1. The van der Waals surface area contributed by atoms with Crippen molar-refractivity contribution in [2.45, 2.75) is 13.3 Å². The topological polar surface area (TPSA) is 55.0 Å². The molecule has 2 rings (SSSR count). The molecule has 0 radical (unpaired) electrons. The van der Waals surface area contributed by atoms with E-state index < -0.39 is 0 Å². The summed E-state index contributed by atoms with van der Waals surface area (Å²) in [5, 5.41) is 8.16. The summed E-state index contributed by atoms with van der Waals surface area (Å²) >= 11 is 0. The fraction of sp³-hybridized carbons (Fsp3) is 0.231. The van der Waals surface area contributed by atoms with Crippen LogP contribution in [0.2, 0.25) is 0 Å². The molecule has 0 fully saturated rings. The SMILES string of the molecule is COC(=O)CC#Cc1ccc2c(C)[nH]nc2c1. The Bertz CT molecular complexity index is 617. The van der Waals surface area contributed by atoms with Crippen molar-refractivity contribution in [1.29, 1.82) is 0 Å². The number of fused-ring (bicyclic) bond motifs is 1. The van der Waals surface area contributed by atoms with Gasteiger partial charge in [-0.2, -0.15) is 5.10 Å². The predicted octanol–water partition coefficient (Wildman–Crippen LogP) is 1.79. The number of hydrogen-bond acceptors (Lipinski definition) is 3. The van der Waals surface area contributed by atoms with Crippen LogP contribution in [0.1, 0.15) is 17.7 Å². The van der Waals surface area contributed by atoms with Crippen LogP contribution in [0, 0.1) is 18.8 Å². The summed E-state index contributed by atoms with van der Waals surface area (Å²) in [7, 11) is 1.35. The van der Waals surface area contributed by atoms with E-state index in [-0.39, 0.29) is 12.4 Å². The number of nitrogens with one attached hydrogen (secondary N) is 1. The Morgan fingerprint density at radius 2 is 2.35 bits per heavy atom. The molecule has 17 heavy (non-hydrogen) atoms. The monoisotopic (exact) mass is 228 g/mol. The van der Waals surface area contributed by atoms with Gasteiger partial charge in [0.2, 0.25) is 0 Å². The first-order valence-corrected chi connectivity index (χ1v) is 5.21. The molecule has 86 valence electrons. The summed E-state index contributed by atoms with van der Waals surface area (Å²) in [5.74, 6) is 5.34. The standard InChI is InChI=1S/C13H12N2O2/c1-9-11-7-6-10(8-12(11)15-14-9)4-3-5-13(16)17-2/h6-8H,5H2,1-2H3,(H,14,15). The molecule has 0 aliphatic carbocycles. The molecule has 0 spiro atoms. The van der Waals surface area contributed by atoms with Crippen molar-refractivity contribution < 1.29 is 9.53 Å². The van der Waals surface area contributed by atoms with E-state index in [1.807, 2.05) is 25.1 Å². The largest absolute Gasteiger partial charge is 0.468 e. The number of carbonyl (C=O) groups excluding carboxylic acids is 1. The molecule has 0 amide bonds. The molecule has 0 unspecified atom stereocenters. The van der Waals surface area contributed by atoms with Crippen LogP contribution in [0.3, 0.4) is 0 Å². The summed E-state index contributed by atoms with van der Waals surface area (Å²) in [6.45, 7) is 1.97. The molecule has 0 aliphatic heterocycles. The van der Waals surface area contributed by atoms with E-state index in [4.69, 9.17) is 0 Å². The third kappa shape index (κ3) is 2.45. The lowest BCUT2D eigenvalue weighted by Gasteiger charge is -1.92. The van der Waals surface area contributed by atoms with Crippen LogP contribution in [0.5, 0.6) is 0 Å². The Morgan fingerprint density at radius 3 is 3.12 bits per heavy atom. The van der Waals surface area contributed by atoms with Gasteiger partial charge in [0.05, 0.1) is 12.6 Å². The van der Waals surface area contributed by atoms with Gasteiger partial charge in [-0.05, 0) is 25.1 Å². The van der Waals surface area contributed by atoms with Gasteiger partial charge >= 0.3 is 5.97 Å². The Morgan fingerprint density at radius 1 is 1.53 bits per heavy atom. The first-order chi connectivity index (χ1) is 8.20. The molecule has 4 heteroatoms. The number of aromatic amines is 1. The Labute approximate surface area is 99.0 Å². The number of esters is 1. The van der Waals surface area contributed by atoms with Gasteiger partial charge in [0.25, 0.3) is 0 Å². The van der Waals surface area contributed by atoms with E-state index >= 15 is 0 Å². The second-order valence-electron chi connectivity index (χ2n) is 3.64. The van der Waals surface area contributed by atoms with Crippen LogP contribution < -0.4 is 0 Å². The average Bonchev–Trinajstić information content (AvgIpc) is 2.70. The van der Waals surface area contributed by atoms with E-state index in [2.05, 4.69) is 26.8 Å². The van der Waals surface area contributed by atoms with Gasteiger partial charge < -0.3 is 4.74 Å². The van der Waals surface area contributed by atoms with Gasteiger partial charge in [0, 0.05) is 16.6 Å². The minimum absolute atomic E-state index is 0.105. The van der Waals surface area contributed by atoms with E-state index in [9.17, 15) is 4.79 Å². The molecule has 1 aromatic carbocycles. The molecule has 1 heterocycles. The maximum Gasteiger partial charge on any atom is 0.317 e. The number of nitrogens with zero attached hydrogens (tertiary/aromatic N) is 1. The molecule has 1 N–H and O–H groups in total. The number of methoxy groups -OCH3 is 1. The first kappa shape index (κ1) is 11.2. The highest BCUT2D eigenvalue weighted by Crippen LogP contribution is 2.15. The molecule has 2 aromatic rings. The van der Waals surface area contributed by atoms with Gasteiger partial charge in [0.1, 0.15) is 6.42 Å². The molecule has 4 nitrogen and oxygen atoms in total. The normalized spacial score (nSPS) is 9.76. The van der Waals surface area contributed by atoms with Crippen molar-refractivity contribution in [1.82, 2.24) is 10.2 Å². The number of aromatic nitrogens is 2. The van der Waals surface area contributed by atoms with Crippen LogP contribution in [-0.2, 0) is 9.53 Å². The molecule has 0 bridgehead atoms. The predicted molar refractivity (Wildman–Crippen MR) is 64.3 cm³/mol. The van der Waals surface area contributed by atoms with Crippen LogP contribution in [-0.4, -0.2) is 23.3 Å². The van der Waals surface area contributed by atoms with Crippen molar-refractivity contribution in [2.24, 2.45) is 0 Å². The summed E-state index contributed by atoms with van der Waals surface area (Å²) in [4.78, 5) is 10.9. The minimum atomic E-state index is -0.325. The highest BCUT2D eigenvalue weighted by atomic mass is 16.5. The highest BCUT2D eigenvalue weighted by Gasteiger charge is 2.00. The van der Waals surface area contributed by atoms with Crippen LogP contribution in [0.25, 0.3) is 10.9 Å². The Hall–Kier alpha value is -2.28. The second kappa shape index (κ2) is 4.71. The number of hydrogen-bond donors (Lipinski definition) is 1. The van der Waals surface area contributed by atoms with Crippen molar-refractivity contribution in [2.75, 3.05) is 7.11 Å². The van der Waals surface area contributed by atoms with Gasteiger partial charge in [-0.1, -0.05) is 11.8 Å². The van der Waals surface area contributed by atoms with Crippen LogP contribution >= 0.6 is 0 Å². The summed E-state index contributed by atoms with van der Waals surface area (Å²) in [6, 6.07) is 5.77. The maximum atomic E-state index is 10.9. The lowest BCUT2D eigenvalue weighted by atomic mass is 10.1. The molecule has 1 aromatic heterocycles. The zero-order chi connectivity index (χ0) is 12.3. The van der Waals surface area contributed by atoms with E-state index in [0.29, 0.717) is 0 Å². The van der Waals surface area contributed by atoms with Gasteiger partial charge in [-0.25, -0.2) is 0 Å². The summed E-state index contributed by atoms with van der Waals surface area (Å²) in [5.41, 5.74) is 2.76. The number of benzene rings is 1. The average molecular weight is 228 g/mol. The molecular weight excluding hydrogens is 216 g/mol. The zero-order valence-electron chi connectivity index (χ0n) is 9.70. The lowest BCUT2D eigenvalue weighted by molar-refractivity contribution is -0.139. The second-order valence-corrected chi connectivity index (χ2v) is 3.64. The van der Waals surface area contributed by atoms with Gasteiger partial charge in [-0.3, -0.25) is 9.89 Å². The highest BCUT2D eigenvalue weighted by molar-refractivity contribution is 5.82. The fourth-order valence-corrected chi connectivity index (χ4v) is 1.51. The molecule has 0 saturated heterocycles. The van der Waals surface area contributed by atoms with Crippen molar-refractivity contribution in [3.63, 3.8) is 0 Å². The molecule has 0 atom stereocenters. The zero-order valence-corrected chi connectivity index (χ0v) is 9.70. The van der Waals surface area contributed by atoms with Gasteiger partial charge in [0.15, 0.2) is 0 Å².